The van der Waals surface area contributed by atoms with Crippen molar-refractivity contribution in [2.45, 2.75) is 72.4 Å². The number of carbonyl (C=O) groups excluding carboxylic acids is 2. The standard InChI is InChI=1S/C19H30N2O6/c1-11(15-13(22)9-19(5,6)10-14(15)23)20-8-7-12(16(24)25)21-17(26)27-18(2,3)4/h12,22H,7-10H2,1-6H3,(H,21,26)(H,24,25). The fraction of sp³-hybridized carbons (Fsp3) is 0.684. The molecule has 0 bridgehead atoms. The third kappa shape index (κ3) is 7.40. The summed E-state index contributed by atoms with van der Waals surface area (Å²) in [5.74, 6) is -1.36. The molecule has 0 aromatic rings. The van der Waals surface area contributed by atoms with Gasteiger partial charge in [-0.3, -0.25) is 9.79 Å². The maximum atomic E-state index is 12.3. The molecule has 0 aromatic carbocycles. The first-order valence-corrected chi connectivity index (χ1v) is 8.91. The largest absolute Gasteiger partial charge is 0.511 e. The van der Waals surface area contributed by atoms with E-state index in [1.165, 1.54) is 0 Å². The highest BCUT2D eigenvalue weighted by molar-refractivity contribution is 6.22. The second kappa shape index (κ2) is 8.54. The molecule has 0 aliphatic heterocycles. The zero-order valence-corrected chi connectivity index (χ0v) is 16.9. The third-order valence-corrected chi connectivity index (χ3v) is 3.97. The van der Waals surface area contributed by atoms with Gasteiger partial charge in [-0.2, -0.15) is 0 Å². The van der Waals surface area contributed by atoms with E-state index in [0.717, 1.165) is 0 Å². The van der Waals surface area contributed by atoms with Crippen LogP contribution >= 0.6 is 0 Å². The number of carboxylic acid groups (broad SMARTS) is 1. The number of carboxylic acids is 1. The maximum absolute atomic E-state index is 12.3. The van der Waals surface area contributed by atoms with Crippen LogP contribution in [0, 0.1) is 5.41 Å². The number of amides is 1. The number of ketones is 1. The Morgan fingerprint density at radius 2 is 1.89 bits per heavy atom. The normalized spacial score (nSPS) is 18.9. The number of ether oxygens (including phenoxy) is 1. The van der Waals surface area contributed by atoms with E-state index in [1.54, 1.807) is 27.7 Å². The molecule has 0 saturated carbocycles. The number of nitrogens with zero attached hydrogens (tertiary/aromatic N) is 1. The van der Waals surface area contributed by atoms with Crippen LogP contribution in [0.1, 0.15) is 60.8 Å². The van der Waals surface area contributed by atoms with Gasteiger partial charge in [-0.05, 0) is 39.5 Å². The lowest BCUT2D eigenvalue weighted by molar-refractivity contribution is -0.139. The number of hydrogen-bond donors (Lipinski definition) is 3. The van der Waals surface area contributed by atoms with E-state index in [-0.39, 0.29) is 35.5 Å². The first kappa shape index (κ1) is 22.7. The minimum absolute atomic E-state index is 0.0131. The smallest absolute Gasteiger partial charge is 0.408 e. The van der Waals surface area contributed by atoms with Gasteiger partial charge in [0.1, 0.15) is 17.4 Å². The average Bonchev–Trinajstić information content (AvgIpc) is 2.41. The van der Waals surface area contributed by atoms with Gasteiger partial charge >= 0.3 is 12.1 Å². The fourth-order valence-electron chi connectivity index (χ4n) is 2.85. The Hall–Kier alpha value is -2.38. The number of rotatable bonds is 6. The lowest BCUT2D eigenvalue weighted by atomic mass is 9.76. The average molecular weight is 382 g/mol. The van der Waals surface area contributed by atoms with Crippen LogP contribution in [0.5, 0.6) is 0 Å². The molecule has 1 amide bonds. The zero-order chi connectivity index (χ0) is 21.0. The molecule has 1 aliphatic rings. The summed E-state index contributed by atoms with van der Waals surface area (Å²) in [5.41, 5.74) is -0.451. The summed E-state index contributed by atoms with van der Waals surface area (Å²) in [6.07, 6.45) is -0.0870. The van der Waals surface area contributed by atoms with E-state index in [2.05, 4.69) is 10.3 Å². The summed E-state index contributed by atoms with van der Waals surface area (Å²) in [5, 5.41) is 21.7. The Morgan fingerprint density at radius 1 is 1.30 bits per heavy atom. The minimum Gasteiger partial charge on any atom is -0.511 e. The molecular formula is C19H30N2O6. The SMILES string of the molecule is CC(=NCCC(NC(=O)OC(C)(C)C)C(=O)O)C1=C(O)CC(C)(C)CC1=O. The Morgan fingerprint density at radius 3 is 2.37 bits per heavy atom. The van der Waals surface area contributed by atoms with Crippen molar-refractivity contribution in [3.05, 3.63) is 11.3 Å². The van der Waals surface area contributed by atoms with Crippen LogP contribution in [-0.2, 0) is 14.3 Å². The Kier molecular flexibility index (Phi) is 7.17. The first-order valence-electron chi connectivity index (χ1n) is 8.91. The monoisotopic (exact) mass is 382 g/mol. The molecule has 0 spiro atoms. The number of aliphatic imine (C=N–C) groups is 1. The Labute approximate surface area is 159 Å². The molecule has 1 atom stereocenters. The van der Waals surface area contributed by atoms with Gasteiger partial charge in [0.05, 0.1) is 5.57 Å². The highest BCUT2D eigenvalue weighted by Gasteiger charge is 2.34. The van der Waals surface area contributed by atoms with E-state index in [9.17, 15) is 24.6 Å². The third-order valence-electron chi connectivity index (χ3n) is 3.97. The fourth-order valence-corrected chi connectivity index (χ4v) is 2.85. The number of nitrogens with one attached hydrogen (secondary N) is 1. The van der Waals surface area contributed by atoms with Gasteiger partial charge in [0.15, 0.2) is 5.78 Å². The highest BCUT2D eigenvalue weighted by Crippen LogP contribution is 2.36. The summed E-state index contributed by atoms with van der Waals surface area (Å²) < 4.78 is 5.05. The summed E-state index contributed by atoms with van der Waals surface area (Å²) in [6.45, 7) is 10.5. The van der Waals surface area contributed by atoms with Crippen molar-refractivity contribution in [2.24, 2.45) is 10.4 Å². The van der Waals surface area contributed by atoms with Crippen molar-refractivity contribution in [1.82, 2.24) is 5.32 Å². The van der Waals surface area contributed by atoms with Crippen molar-refractivity contribution in [1.29, 1.82) is 0 Å². The Bertz CT molecular complexity index is 670. The molecule has 0 fully saturated rings. The topological polar surface area (TPSA) is 125 Å². The zero-order valence-electron chi connectivity index (χ0n) is 16.9. The summed E-state index contributed by atoms with van der Waals surface area (Å²) in [7, 11) is 0. The number of allylic oxidation sites excluding steroid dienone is 2. The lowest BCUT2D eigenvalue weighted by Crippen LogP contribution is -2.43. The molecule has 1 aliphatic carbocycles. The number of aliphatic hydroxyl groups excluding tert-OH is 1. The number of aliphatic carboxylic acids is 1. The predicted octanol–water partition coefficient (Wildman–Crippen LogP) is 3.02. The Balaban J connectivity index is 2.75. The summed E-state index contributed by atoms with van der Waals surface area (Å²) in [4.78, 5) is 39.6. The molecule has 0 radical (unpaired) electrons. The van der Waals surface area contributed by atoms with Gasteiger partial charge in [0, 0.05) is 25.1 Å². The summed E-state index contributed by atoms with van der Waals surface area (Å²) in [6, 6.07) is -1.17. The molecule has 1 rings (SSSR count). The molecule has 8 heteroatoms. The van der Waals surface area contributed by atoms with Gasteiger partial charge in [-0.25, -0.2) is 9.59 Å². The van der Waals surface area contributed by atoms with Crippen LogP contribution in [-0.4, -0.2) is 52.0 Å². The van der Waals surface area contributed by atoms with E-state index in [0.29, 0.717) is 18.6 Å². The van der Waals surface area contributed by atoms with Crippen LogP contribution in [0.15, 0.2) is 16.3 Å². The summed E-state index contributed by atoms with van der Waals surface area (Å²) >= 11 is 0. The van der Waals surface area contributed by atoms with Crippen molar-refractivity contribution in [2.75, 3.05) is 6.54 Å². The molecular weight excluding hydrogens is 352 g/mol. The van der Waals surface area contributed by atoms with Crippen molar-refractivity contribution >= 4 is 23.6 Å². The van der Waals surface area contributed by atoms with Gasteiger partial charge in [0.2, 0.25) is 0 Å². The molecule has 0 heterocycles. The van der Waals surface area contributed by atoms with E-state index >= 15 is 0 Å². The van der Waals surface area contributed by atoms with Gasteiger partial charge < -0.3 is 20.3 Å². The number of aliphatic hydroxyl groups is 1. The highest BCUT2D eigenvalue weighted by atomic mass is 16.6. The second-order valence-corrected chi connectivity index (χ2v) is 8.56. The molecule has 3 N–H and O–H groups in total. The molecule has 8 nitrogen and oxygen atoms in total. The molecule has 0 saturated heterocycles. The number of Topliss-reactive ketones (excluding diaryl/α,β-unsaturated/α-hetero) is 1. The van der Waals surface area contributed by atoms with Crippen LogP contribution < -0.4 is 5.32 Å². The van der Waals surface area contributed by atoms with E-state index in [4.69, 9.17) is 4.74 Å². The lowest BCUT2D eigenvalue weighted by Gasteiger charge is -2.29. The van der Waals surface area contributed by atoms with Crippen LogP contribution in [0.25, 0.3) is 0 Å². The quantitative estimate of drug-likeness (QED) is 0.606. The van der Waals surface area contributed by atoms with Crippen LogP contribution in [0.4, 0.5) is 4.79 Å². The number of hydrogen-bond acceptors (Lipinski definition) is 6. The molecule has 27 heavy (non-hydrogen) atoms. The van der Waals surface area contributed by atoms with Crippen molar-refractivity contribution in [3.63, 3.8) is 0 Å². The van der Waals surface area contributed by atoms with E-state index in [1.807, 2.05) is 13.8 Å². The first-order chi connectivity index (χ1) is 12.2. The van der Waals surface area contributed by atoms with Gasteiger partial charge in [-0.1, -0.05) is 13.8 Å². The predicted molar refractivity (Wildman–Crippen MR) is 101 cm³/mol. The van der Waals surface area contributed by atoms with Gasteiger partial charge in [0.25, 0.3) is 0 Å². The second-order valence-electron chi connectivity index (χ2n) is 8.56. The van der Waals surface area contributed by atoms with Gasteiger partial charge in [-0.15, -0.1) is 0 Å². The van der Waals surface area contributed by atoms with Crippen LogP contribution in [0.3, 0.4) is 0 Å². The minimum atomic E-state index is -1.20. The number of carbonyl (C=O) groups is 3. The molecule has 152 valence electrons. The molecule has 1 unspecified atom stereocenters. The molecule has 0 aromatic heterocycles. The van der Waals surface area contributed by atoms with Crippen molar-refractivity contribution in [3.8, 4) is 0 Å². The number of alkyl carbamates (subject to hydrolysis) is 1. The maximum Gasteiger partial charge on any atom is 0.408 e. The van der Waals surface area contributed by atoms with Crippen LogP contribution in [0.2, 0.25) is 0 Å². The van der Waals surface area contributed by atoms with E-state index < -0.39 is 23.7 Å². The van der Waals surface area contributed by atoms with Crippen molar-refractivity contribution < 1.29 is 29.3 Å².